The van der Waals surface area contributed by atoms with Crippen LogP contribution in [-0.2, 0) is 0 Å². The van der Waals surface area contributed by atoms with Crippen LogP contribution in [-0.4, -0.2) is 10.7 Å². The maximum absolute atomic E-state index is 9.48. The molecule has 0 fully saturated rings. The molecular weight excluding hydrogens is 160 g/mol. The Morgan fingerprint density at radius 1 is 1.23 bits per heavy atom. The highest BCUT2D eigenvalue weighted by Gasteiger charge is 2.05. The van der Waals surface area contributed by atoms with Gasteiger partial charge >= 0.3 is 0 Å². The number of aryl methyl sites for hydroxylation is 1. The molecule has 0 amide bonds. The molecule has 1 aromatic rings. The van der Waals surface area contributed by atoms with Crippen molar-refractivity contribution in [2.24, 2.45) is 0 Å². The molecule has 0 unspecified atom stereocenters. The van der Waals surface area contributed by atoms with E-state index in [0.717, 1.165) is 5.56 Å². The molecular formula is C12H16O. The molecule has 0 radical (unpaired) electrons. The van der Waals surface area contributed by atoms with Crippen molar-refractivity contribution in [3.05, 3.63) is 41.5 Å². The summed E-state index contributed by atoms with van der Waals surface area (Å²) in [6.45, 7) is 5.59. The van der Waals surface area contributed by atoms with E-state index in [1.165, 1.54) is 5.56 Å². The molecule has 0 spiro atoms. The molecule has 13 heavy (non-hydrogen) atoms. The Kier molecular flexibility index (Phi) is 2.89. The lowest BCUT2D eigenvalue weighted by molar-refractivity contribution is 0.134. The minimum Gasteiger partial charge on any atom is -0.386 e. The topological polar surface area (TPSA) is 20.2 Å². The van der Waals surface area contributed by atoms with Gasteiger partial charge in [0.05, 0.1) is 5.60 Å². The highest BCUT2D eigenvalue weighted by atomic mass is 16.3. The number of benzene rings is 1. The first-order chi connectivity index (χ1) is 5.99. The van der Waals surface area contributed by atoms with E-state index in [0.29, 0.717) is 0 Å². The summed E-state index contributed by atoms with van der Waals surface area (Å²) in [6.07, 6.45) is 3.75. The van der Waals surface area contributed by atoms with Gasteiger partial charge in [-0.05, 0) is 31.9 Å². The first-order valence-electron chi connectivity index (χ1n) is 4.46. The van der Waals surface area contributed by atoms with E-state index < -0.39 is 5.60 Å². The molecule has 0 aliphatic carbocycles. The molecule has 0 saturated heterocycles. The number of rotatable bonds is 2. The smallest absolute Gasteiger partial charge is 0.0774 e. The van der Waals surface area contributed by atoms with Crippen molar-refractivity contribution in [2.75, 3.05) is 0 Å². The molecule has 0 aliphatic rings. The molecule has 70 valence electrons. The zero-order valence-corrected chi connectivity index (χ0v) is 8.41. The van der Waals surface area contributed by atoms with Crippen LogP contribution in [0.2, 0.25) is 0 Å². The number of hydrogen-bond acceptors (Lipinski definition) is 1. The second kappa shape index (κ2) is 3.75. The lowest BCUT2D eigenvalue weighted by Gasteiger charge is -2.10. The fraction of sp³-hybridized carbons (Fsp3) is 0.333. The van der Waals surface area contributed by atoms with E-state index in [1.54, 1.807) is 19.9 Å². The number of aliphatic hydroxyl groups is 1. The highest BCUT2D eigenvalue weighted by Crippen LogP contribution is 2.12. The maximum atomic E-state index is 9.48. The van der Waals surface area contributed by atoms with Crippen molar-refractivity contribution in [3.8, 4) is 0 Å². The molecule has 0 saturated carbocycles. The summed E-state index contributed by atoms with van der Waals surface area (Å²) < 4.78 is 0. The van der Waals surface area contributed by atoms with Crippen LogP contribution in [0.3, 0.4) is 0 Å². The van der Waals surface area contributed by atoms with Gasteiger partial charge in [0.15, 0.2) is 0 Å². The van der Waals surface area contributed by atoms with Crippen molar-refractivity contribution in [3.63, 3.8) is 0 Å². The van der Waals surface area contributed by atoms with Crippen molar-refractivity contribution < 1.29 is 5.11 Å². The van der Waals surface area contributed by atoms with Gasteiger partial charge in [-0.2, -0.15) is 0 Å². The molecule has 0 aromatic heterocycles. The minimum absolute atomic E-state index is 0.734. The van der Waals surface area contributed by atoms with Gasteiger partial charge in [0.25, 0.3) is 0 Å². The van der Waals surface area contributed by atoms with E-state index in [9.17, 15) is 5.11 Å². The zero-order chi connectivity index (χ0) is 9.90. The third kappa shape index (κ3) is 3.43. The lowest BCUT2D eigenvalue weighted by atomic mass is 10.0. The molecule has 1 N–H and O–H groups in total. The molecule has 0 atom stereocenters. The predicted octanol–water partition coefficient (Wildman–Crippen LogP) is 2.78. The molecule has 1 aromatic carbocycles. The molecule has 1 rings (SSSR count). The Hall–Kier alpha value is -1.08. The van der Waals surface area contributed by atoms with E-state index in [1.807, 2.05) is 24.3 Å². The summed E-state index contributed by atoms with van der Waals surface area (Å²) in [6, 6.07) is 8.11. The molecule has 1 heteroatoms. The first kappa shape index (κ1) is 10.0. The van der Waals surface area contributed by atoms with Gasteiger partial charge in [-0.25, -0.2) is 0 Å². The quantitative estimate of drug-likeness (QED) is 0.734. The summed E-state index contributed by atoms with van der Waals surface area (Å²) in [7, 11) is 0. The van der Waals surface area contributed by atoms with Gasteiger partial charge < -0.3 is 5.11 Å². The van der Waals surface area contributed by atoms with Gasteiger partial charge in [0.1, 0.15) is 0 Å². The van der Waals surface area contributed by atoms with Gasteiger partial charge in [0, 0.05) is 0 Å². The molecule has 0 heterocycles. The second-order valence-electron chi connectivity index (χ2n) is 3.84. The maximum Gasteiger partial charge on any atom is 0.0774 e. The largest absolute Gasteiger partial charge is 0.386 e. The second-order valence-corrected chi connectivity index (χ2v) is 3.84. The van der Waals surface area contributed by atoms with Crippen molar-refractivity contribution in [2.45, 2.75) is 26.4 Å². The van der Waals surface area contributed by atoms with Gasteiger partial charge in [-0.15, -0.1) is 0 Å². The Labute approximate surface area is 79.7 Å². The van der Waals surface area contributed by atoms with Crippen molar-refractivity contribution in [1.29, 1.82) is 0 Å². The average Bonchev–Trinajstić information content (AvgIpc) is 2.01. The summed E-state index contributed by atoms with van der Waals surface area (Å²) in [5.74, 6) is 0. The molecule has 1 nitrogen and oxygen atoms in total. The minimum atomic E-state index is -0.734. The van der Waals surface area contributed by atoms with E-state index in [2.05, 4.69) is 13.0 Å². The number of hydrogen-bond donors (Lipinski definition) is 1. The standard InChI is InChI=1S/C12H16O/c1-10-6-4-5-7-11(10)8-9-12(2,3)13/h4-9,13H,1-3H3/b9-8+. The Balaban J connectivity index is 2.86. The van der Waals surface area contributed by atoms with Crippen LogP contribution in [0, 0.1) is 6.92 Å². The average molecular weight is 176 g/mol. The predicted molar refractivity (Wildman–Crippen MR) is 56.5 cm³/mol. The zero-order valence-electron chi connectivity index (χ0n) is 8.41. The van der Waals surface area contributed by atoms with Crippen LogP contribution in [0.4, 0.5) is 0 Å². The van der Waals surface area contributed by atoms with Crippen LogP contribution in [0.5, 0.6) is 0 Å². The van der Waals surface area contributed by atoms with Crippen LogP contribution >= 0.6 is 0 Å². The highest BCUT2D eigenvalue weighted by molar-refractivity contribution is 5.54. The Bertz CT molecular complexity index is 305. The Morgan fingerprint density at radius 3 is 2.38 bits per heavy atom. The van der Waals surface area contributed by atoms with Crippen LogP contribution < -0.4 is 0 Å². The van der Waals surface area contributed by atoms with Gasteiger partial charge in [-0.3, -0.25) is 0 Å². The van der Waals surface area contributed by atoms with Crippen molar-refractivity contribution in [1.82, 2.24) is 0 Å². The summed E-state index contributed by atoms with van der Waals surface area (Å²) in [4.78, 5) is 0. The van der Waals surface area contributed by atoms with Crippen LogP contribution in [0.1, 0.15) is 25.0 Å². The van der Waals surface area contributed by atoms with E-state index in [4.69, 9.17) is 0 Å². The fourth-order valence-electron chi connectivity index (χ4n) is 1.07. The Morgan fingerprint density at radius 2 is 1.85 bits per heavy atom. The van der Waals surface area contributed by atoms with Gasteiger partial charge in [-0.1, -0.05) is 36.4 Å². The third-order valence-electron chi connectivity index (χ3n) is 1.86. The summed E-state index contributed by atoms with van der Waals surface area (Å²) >= 11 is 0. The lowest BCUT2D eigenvalue weighted by Crippen LogP contribution is -2.13. The van der Waals surface area contributed by atoms with E-state index in [-0.39, 0.29) is 0 Å². The molecule has 0 bridgehead atoms. The monoisotopic (exact) mass is 176 g/mol. The normalized spacial score (nSPS) is 12.3. The van der Waals surface area contributed by atoms with Crippen LogP contribution in [0.25, 0.3) is 6.08 Å². The van der Waals surface area contributed by atoms with Crippen molar-refractivity contribution >= 4 is 6.08 Å². The van der Waals surface area contributed by atoms with E-state index >= 15 is 0 Å². The summed E-state index contributed by atoms with van der Waals surface area (Å²) in [5.41, 5.74) is 1.65. The first-order valence-corrected chi connectivity index (χ1v) is 4.46. The summed E-state index contributed by atoms with van der Waals surface area (Å²) in [5, 5.41) is 9.48. The SMILES string of the molecule is Cc1ccccc1/C=C/C(C)(C)O. The van der Waals surface area contributed by atoms with Gasteiger partial charge in [0.2, 0.25) is 0 Å². The van der Waals surface area contributed by atoms with Crippen LogP contribution in [0.15, 0.2) is 30.3 Å². The molecule has 0 aliphatic heterocycles. The third-order valence-corrected chi connectivity index (χ3v) is 1.86. The fourth-order valence-corrected chi connectivity index (χ4v) is 1.07.